The summed E-state index contributed by atoms with van der Waals surface area (Å²) in [6, 6.07) is -0.295. The van der Waals surface area contributed by atoms with Gasteiger partial charge in [0.2, 0.25) is 5.91 Å². The first-order valence-corrected chi connectivity index (χ1v) is 8.67. The first-order valence-electron chi connectivity index (χ1n) is 8.67. The highest BCUT2D eigenvalue weighted by atomic mass is 16.2. The summed E-state index contributed by atoms with van der Waals surface area (Å²) in [6.07, 6.45) is 5.39. The van der Waals surface area contributed by atoms with Gasteiger partial charge < -0.3 is 16.0 Å². The molecule has 4 amide bonds. The average Bonchev–Trinajstić information content (AvgIpc) is 2.76. The Bertz CT molecular complexity index is 504. The summed E-state index contributed by atoms with van der Waals surface area (Å²) in [5, 5.41) is 9.05. The first kappa shape index (κ1) is 16.2. The molecule has 1 saturated carbocycles. The molecule has 128 valence electrons. The Hall–Kier alpha value is -1.63. The van der Waals surface area contributed by atoms with Gasteiger partial charge in [0.15, 0.2) is 0 Å². The van der Waals surface area contributed by atoms with Gasteiger partial charge in [0.25, 0.3) is 5.91 Å². The molecule has 0 bridgehead atoms. The number of rotatable bonds is 3. The highest BCUT2D eigenvalue weighted by molar-refractivity contribution is 6.09. The maximum absolute atomic E-state index is 12.8. The van der Waals surface area contributed by atoms with Gasteiger partial charge >= 0.3 is 6.03 Å². The Balaban J connectivity index is 1.62. The third-order valence-corrected chi connectivity index (χ3v) is 5.51. The van der Waals surface area contributed by atoms with Crippen molar-refractivity contribution in [3.8, 4) is 0 Å². The monoisotopic (exact) mass is 322 g/mol. The Morgan fingerprint density at radius 2 is 2.00 bits per heavy atom. The number of nitrogens with zero attached hydrogens (tertiary/aromatic N) is 1. The van der Waals surface area contributed by atoms with Crippen molar-refractivity contribution in [2.75, 3.05) is 19.6 Å². The second-order valence-corrected chi connectivity index (χ2v) is 7.03. The minimum absolute atomic E-state index is 0.116. The average molecular weight is 322 g/mol. The van der Waals surface area contributed by atoms with Crippen LogP contribution in [0.5, 0.6) is 0 Å². The molecule has 0 radical (unpaired) electrons. The molecule has 3 fully saturated rings. The van der Waals surface area contributed by atoms with Gasteiger partial charge in [-0.1, -0.05) is 19.8 Å². The van der Waals surface area contributed by atoms with Crippen molar-refractivity contribution >= 4 is 17.8 Å². The molecule has 0 aromatic carbocycles. The minimum atomic E-state index is -0.787. The van der Waals surface area contributed by atoms with Gasteiger partial charge in [0.05, 0.1) is 0 Å². The molecule has 2 aliphatic heterocycles. The number of urea groups is 1. The molecule has 1 spiro atoms. The van der Waals surface area contributed by atoms with Crippen molar-refractivity contribution in [3.05, 3.63) is 0 Å². The van der Waals surface area contributed by atoms with E-state index in [1.54, 1.807) is 0 Å². The van der Waals surface area contributed by atoms with E-state index in [0.717, 1.165) is 50.1 Å². The Morgan fingerprint density at radius 3 is 2.70 bits per heavy atom. The Kier molecular flexibility index (Phi) is 4.57. The molecule has 3 N–H and O–H groups in total. The van der Waals surface area contributed by atoms with Crippen molar-refractivity contribution in [3.63, 3.8) is 0 Å². The summed E-state index contributed by atoms with van der Waals surface area (Å²) in [5.74, 6) is -0.360. The van der Waals surface area contributed by atoms with Crippen molar-refractivity contribution in [1.29, 1.82) is 0 Å². The summed E-state index contributed by atoms with van der Waals surface area (Å²) in [6.45, 7) is 3.60. The van der Waals surface area contributed by atoms with E-state index in [-0.39, 0.29) is 30.3 Å². The Morgan fingerprint density at radius 1 is 1.26 bits per heavy atom. The SMILES string of the molecule is CC1CCCCC12NC(=O)N(CC(=O)NC1CCNCC1)C2=O. The fraction of sp³-hybridized carbons (Fsp3) is 0.812. The van der Waals surface area contributed by atoms with Gasteiger partial charge in [0.1, 0.15) is 12.1 Å². The number of piperidine rings is 1. The maximum atomic E-state index is 12.8. The van der Waals surface area contributed by atoms with Crippen LogP contribution in [0.3, 0.4) is 0 Å². The normalized spacial score (nSPS) is 32.2. The highest BCUT2D eigenvalue weighted by Crippen LogP contribution is 2.38. The van der Waals surface area contributed by atoms with Gasteiger partial charge in [-0.25, -0.2) is 4.79 Å². The van der Waals surface area contributed by atoms with Crippen LogP contribution in [0.4, 0.5) is 4.79 Å². The van der Waals surface area contributed by atoms with Gasteiger partial charge in [0, 0.05) is 6.04 Å². The van der Waals surface area contributed by atoms with E-state index in [1.165, 1.54) is 0 Å². The van der Waals surface area contributed by atoms with Crippen molar-refractivity contribution in [1.82, 2.24) is 20.9 Å². The molecule has 2 saturated heterocycles. The lowest BCUT2D eigenvalue weighted by Gasteiger charge is -2.36. The molecule has 0 aromatic rings. The predicted molar refractivity (Wildman–Crippen MR) is 84.6 cm³/mol. The molecule has 7 nitrogen and oxygen atoms in total. The Labute approximate surface area is 136 Å². The van der Waals surface area contributed by atoms with Crippen LogP contribution in [-0.2, 0) is 9.59 Å². The van der Waals surface area contributed by atoms with E-state index in [2.05, 4.69) is 16.0 Å². The summed E-state index contributed by atoms with van der Waals surface area (Å²) in [5.41, 5.74) is -0.787. The number of nitrogens with one attached hydrogen (secondary N) is 3. The van der Waals surface area contributed by atoms with Crippen molar-refractivity contribution < 1.29 is 14.4 Å². The highest BCUT2D eigenvalue weighted by Gasteiger charge is 2.55. The smallest absolute Gasteiger partial charge is 0.325 e. The predicted octanol–water partition coefficient (Wildman–Crippen LogP) is 0.355. The largest absolute Gasteiger partial charge is 0.352 e. The number of carbonyl (C=O) groups is 3. The van der Waals surface area contributed by atoms with Crippen LogP contribution in [0.15, 0.2) is 0 Å². The summed E-state index contributed by atoms with van der Waals surface area (Å²) >= 11 is 0. The van der Waals surface area contributed by atoms with E-state index in [4.69, 9.17) is 0 Å². The van der Waals surface area contributed by atoms with Gasteiger partial charge in [-0.2, -0.15) is 0 Å². The van der Waals surface area contributed by atoms with Gasteiger partial charge in [-0.05, 0) is 44.7 Å². The zero-order chi connectivity index (χ0) is 16.4. The molecular formula is C16H26N4O3. The number of imide groups is 1. The summed E-state index contributed by atoms with van der Waals surface area (Å²) in [7, 11) is 0. The molecule has 7 heteroatoms. The van der Waals surface area contributed by atoms with E-state index < -0.39 is 11.6 Å². The number of hydrogen-bond donors (Lipinski definition) is 3. The topological polar surface area (TPSA) is 90.5 Å². The lowest BCUT2D eigenvalue weighted by molar-refractivity contribution is -0.137. The van der Waals surface area contributed by atoms with Crippen molar-refractivity contribution in [2.24, 2.45) is 5.92 Å². The first-order chi connectivity index (χ1) is 11.0. The van der Waals surface area contributed by atoms with Crippen LogP contribution in [0.25, 0.3) is 0 Å². The number of amides is 4. The van der Waals surface area contributed by atoms with Gasteiger partial charge in [-0.15, -0.1) is 0 Å². The second-order valence-electron chi connectivity index (χ2n) is 7.03. The van der Waals surface area contributed by atoms with E-state index in [9.17, 15) is 14.4 Å². The van der Waals surface area contributed by atoms with Crippen LogP contribution in [0.1, 0.15) is 45.4 Å². The molecular weight excluding hydrogens is 296 g/mol. The summed E-state index contributed by atoms with van der Waals surface area (Å²) < 4.78 is 0. The van der Waals surface area contributed by atoms with Gasteiger partial charge in [-0.3, -0.25) is 14.5 Å². The molecule has 3 rings (SSSR count). The molecule has 2 unspecified atom stereocenters. The quantitative estimate of drug-likeness (QED) is 0.654. The van der Waals surface area contributed by atoms with Crippen LogP contribution in [-0.4, -0.2) is 54.0 Å². The zero-order valence-corrected chi connectivity index (χ0v) is 13.7. The molecule has 0 aromatic heterocycles. The van der Waals surface area contributed by atoms with Crippen LogP contribution in [0, 0.1) is 5.92 Å². The van der Waals surface area contributed by atoms with Crippen molar-refractivity contribution in [2.45, 2.75) is 57.0 Å². The molecule has 1 aliphatic carbocycles. The zero-order valence-electron chi connectivity index (χ0n) is 13.7. The van der Waals surface area contributed by atoms with Crippen LogP contribution < -0.4 is 16.0 Å². The number of hydrogen-bond acceptors (Lipinski definition) is 4. The maximum Gasteiger partial charge on any atom is 0.325 e. The van der Waals surface area contributed by atoms with E-state index in [0.29, 0.717) is 6.42 Å². The fourth-order valence-electron chi connectivity index (χ4n) is 4.02. The fourth-order valence-corrected chi connectivity index (χ4v) is 4.02. The lowest BCUT2D eigenvalue weighted by atomic mass is 9.73. The standard InChI is InChI=1S/C16H26N4O3/c1-11-4-2-3-7-16(11)14(22)20(15(23)19-16)10-13(21)18-12-5-8-17-9-6-12/h11-12,17H,2-10H2,1H3,(H,18,21)(H,19,23). The summed E-state index contributed by atoms with van der Waals surface area (Å²) in [4.78, 5) is 38.3. The van der Waals surface area contributed by atoms with Crippen LogP contribution >= 0.6 is 0 Å². The van der Waals surface area contributed by atoms with Crippen LogP contribution in [0.2, 0.25) is 0 Å². The lowest BCUT2D eigenvalue weighted by Crippen LogP contribution is -2.54. The molecule has 3 aliphatic rings. The van der Waals surface area contributed by atoms with E-state index >= 15 is 0 Å². The second kappa shape index (κ2) is 6.47. The minimum Gasteiger partial charge on any atom is -0.352 e. The third kappa shape index (κ3) is 3.06. The number of carbonyl (C=O) groups excluding carboxylic acids is 3. The van der Waals surface area contributed by atoms with E-state index in [1.807, 2.05) is 6.92 Å². The molecule has 2 heterocycles. The molecule has 2 atom stereocenters. The molecule has 23 heavy (non-hydrogen) atoms. The third-order valence-electron chi connectivity index (χ3n) is 5.51.